The molecule has 3 aromatic rings. The SMILES string of the molecule is Nc1cnn(CCSc2ncnc3nc[nH]c23)c1. The fourth-order valence-electron chi connectivity index (χ4n) is 1.59. The third kappa shape index (κ3) is 2.14. The largest absolute Gasteiger partial charge is 0.396 e. The third-order valence-corrected chi connectivity index (χ3v) is 3.37. The van der Waals surface area contributed by atoms with Gasteiger partial charge in [0.15, 0.2) is 5.65 Å². The first kappa shape index (κ1) is 11.0. The first-order chi connectivity index (χ1) is 8.83. The van der Waals surface area contributed by atoms with E-state index >= 15 is 0 Å². The van der Waals surface area contributed by atoms with Crippen LogP contribution < -0.4 is 5.73 Å². The molecule has 0 spiro atoms. The summed E-state index contributed by atoms with van der Waals surface area (Å²) in [5.74, 6) is 0.853. The van der Waals surface area contributed by atoms with Gasteiger partial charge < -0.3 is 10.7 Å². The Kier molecular flexibility index (Phi) is 2.85. The zero-order valence-electron chi connectivity index (χ0n) is 9.45. The molecular formula is C10H11N7S. The maximum absolute atomic E-state index is 5.60. The molecule has 0 aliphatic carbocycles. The summed E-state index contributed by atoms with van der Waals surface area (Å²) in [7, 11) is 0. The molecule has 18 heavy (non-hydrogen) atoms. The maximum Gasteiger partial charge on any atom is 0.181 e. The van der Waals surface area contributed by atoms with Gasteiger partial charge in [0.25, 0.3) is 0 Å². The van der Waals surface area contributed by atoms with Crippen LogP contribution in [0.3, 0.4) is 0 Å². The molecule has 0 saturated carbocycles. The molecule has 0 saturated heterocycles. The van der Waals surface area contributed by atoms with Gasteiger partial charge in [-0.2, -0.15) is 5.10 Å². The lowest BCUT2D eigenvalue weighted by atomic mass is 10.6. The number of aromatic amines is 1. The number of nitrogen functional groups attached to an aromatic ring is 1. The summed E-state index contributed by atoms with van der Waals surface area (Å²) in [6.45, 7) is 0.779. The Morgan fingerprint density at radius 2 is 2.28 bits per heavy atom. The lowest BCUT2D eigenvalue weighted by Gasteiger charge is -2.01. The van der Waals surface area contributed by atoms with Crippen LogP contribution in [0.25, 0.3) is 11.2 Å². The summed E-state index contributed by atoms with van der Waals surface area (Å²) in [6.07, 6.45) is 6.60. The second-order valence-electron chi connectivity index (χ2n) is 3.67. The van der Waals surface area contributed by atoms with Gasteiger partial charge in [-0.25, -0.2) is 15.0 Å². The topological polar surface area (TPSA) is 98.3 Å². The highest BCUT2D eigenvalue weighted by molar-refractivity contribution is 7.99. The van der Waals surface area contributed by atoms with Crippen molar-refractivity contribution in [2.45, 2.75) is 11.6 Å². The summed E-state index contributed by atoms with van der Waals surface area (Å²) in [6, 6.07) is 0. The van der Waals surface area contributed by atoms with Gasteiger partial charge in [0.05, 0.1) is 24.8 Å². The summed E-state index contributed by atoms with van der Waals surface area (Å²) < 4.78 is 1.81. The molecule has 0 aliphatic rings. The number of aryl methyl sites for hydroxylation is 1. The van der Waals surface area contributed by atoms with Crippen molar-refractivity contribution < 1.29 is 0 Å². The summed E-state index contributed by atoms with van der Waals surface area (Å²) in [5.41, 5.74) is 7.84. The van der Waals surface area contributed by atoms with Crippen LogP contribution >= 0.6 is 11.8 Å². The lowest BCUT2D eigenvalue weighted by Crippen LogP contribution is -2.01. The number of rotatable bonds is 4. The molecule has 0 unspecified atom stereocenters. The molecule has 7 nitrogen and oxygen atoms in total. The van der Waals surface area contributed by atoms with Crippen molar-refractivity contribution in [3.8, 4) is 0 Å². The van der Waals surface area contributed by atoms with E-state index in [4.69, 9.17) is 5.73 Å². The Balaban J connectivity index is 1.68. The summed E-state index contributed by atoms with van der Waals surface area (Å²) >= 11 is 1.63. The van der Waals surface area contributed by atoms with Crippen molar-refractivity contribution in [1.29, 1.82) is 0 Å². The molecule has 8 heteroatoms. The number of nitrogens with one attached hydrogen (secondary N) is 1. The van der Waals surface area contributed by atoms with E-state index in [0.717, 1.165) is 22.8 Å². The van der Waals surface area contributed by atoms with Gasteiger partial charge in [-0.1, -0.05) is 0 Å². The van der Waals surface area contributed by atoms with Crippen LogP contribution in [0.1, 0.15) is 0 Å². The van der Waals surface area contributed by atoms with Gasteiger partial charge in [-0.05, 0) is 0 Å². The molecular weight excluding hydrogens is 250 g/mol. The fraction of sp³-hybridized carbons (Fsp3) is 0.200. The van der Waals surface area contributed by atoms with Crippen LogP contribution in [0.15, 0.2) is 30.1 Å². The normalized spacial score (nSPS) is 11.1. The number of aromatic nitrogens is 6. The van der Waals surface area contributed by atoms with Crippen LogP contribution in [-0.2, 0) is 6.54 Å². The average Bonchev–Trinajstić information content (AvgIpc) is 2.98. The van der Waals surface area contributed by atoms with Gasteiger partial charge >= 0.3 is 0 Å². The number of anilines is 1. The minimum absolute atomic E-state index is 0.679. The van der Waals surface area contributed by atoms with Gasteiger partial charge in [0.2, 0.25) is 0 Å². The first-order valence-corrected chi connectivity index (χ1v) is 6.36. The third-order valence-electron chi connectivity index (χ3n) is 2.40. The monoisotopic (exact) mass is 261 g/mol. The first-order valence-electron chi connectivity index (χ1n) is 5.38. The maximum atomic E-state index is 5.60. The quantitative estimate of drug-likeness (QED) is 0.535. The Morgan fingerprint density at radius 3 is 3.11 bits per heavy atom. The summed E-state index contributed by atoms with van der Waals surface area (Å²) in [4.78, 5) is 15.4. The van der Waals surface area contributed by atoms with E-state index in [2.05, 4.69) is 25.0 Å². The lowest BCUT2D eigenvalue weighted by molar-refractivity contribution is 0.666. The molecule has 0 fully saturated rings. The Hall–Kier alpha value is -2.09. The average molecular weight is 261 g/mol. The predicted octanol–water partition coefficient (Wildman–Crippen LogP) is 0.924. The molecule has 3 aromatic heterocycles. The van der Waals surface area contributed by atoms with Crippen molar-refractivity contribution in [3.63, 3.8) is 0 Å². The van der Waals surface area contributed by atoms with E-state index in [1.54, 1.807) is 24.3 Å². The van der Waals surface area contributed by atoms with Crippen LogP contribution in [0, 0.1) is 0 Å². The number of fused-ring (bicyclic) bond motifs is 1. The highest BCUT2D eigenvalue weighted by Crippen LogP contribution is 2.21. The van der Waals surface area contributed by atoms with Crippen LogP contribution in [0.4, 0.5) is 5.69 Å². The standard InChI is InChI=1S/C10H11N7S/c11-7-3-16-17(4-7)1-2-18-10-8-9(13-5-12-8)14-6-15-10/h3-6H,1-2,11H2,(H,12,13,14,15). The number of thioether (sulfide) groups is 1. The van der Waals surface area contributed by atoms with Gasteiger partial charge in [0.1, 0.15) is 16.9 Å². The van der Waals surface area contributed by atoms with E-state index in [1.165, 1.54) is 6.33 Å². The Bertz CT molecular complexity index is 659. The van der Waals surface area contributed by atoms with Gasteiger partial charge in [-0.15, -0.1) is 11.8 Å². The zero-order chi connectivity index (χ0) is 12.4. The number of nitrogens with two attached hydrogens (primary N) is 1. The van der Waals surface area contributed by atoms with Crippen molar-refractivity contribution in [2.75, 3.05) is 11.5 Å². The van der Waals surface area contributed by atoms with Crippen molar-refractivity contribution in [1.82, 2.24) is 29.7 Å². The van der Waals surface area contributed by atoms with Gasteiger partial charge in [0, 0.05) is 11.9 Å². The number of nitrogens with zero attached hydrogens (tertiary/aromatic N) is 5. The minimum atomic E-state index is 0.679. The molecule has 0 aliphatic heterocycles. The molecule has 0 bridgehead atoms. The van der Waals surface area contributed by atoms with Crippen molar-refractivity contribution >= 4 is 28.6 Å². The van der Waals surface area contributed by atoms with Crippen LogP contribution in [-0.4, -0.2) is 35.5 Å². The van der Waals surface area contributed by atoms with Crippen LogP contribution in [0.5, 0.6) is 0 Å². The molecule has 0 radical (unpaired) electrons. The van der Waals surface area contributed by atoms with Crippen LogP contribution in [0.2, 0.25) is 0 Å². The van der Waals surface area contributed by atoms with Crippen molar-refractivity contribution in [3.05, 3.63) is 25.0 Å². The molecule has 3 rings (SSSR count). The van der Waals surface area contributed by atoms with E-state index in [-0.39, 0.29) is 0 Å². The van der Waals surface area contributed by atoms with E-state index in [9.17, 15) is 0 Å². The molecule has 0 atom stereocenters. The fourth-order valence-corrected chi connectivity index (χ4v) is 2.48. The molecule has 3 N–H and O–H groups in total. The van der Waals surface area contributed by atoms with Gasteiger partial charge in [-0.3, -0.25) is 4.68 Å². The number of imidazole rings is 1. The van der Waals surface area contributed by atoms with E-state index in [1.807, 2.05) is 10.9 Å². The Labute approximate surface area is 107 Å². The number of H-pyrrole nitrogens is 1. The van der Waals surface area contributed by atoms with E-state index in [0.29, 0.717) is 11.3 Å². The molecule has 0 aromatic carbocycles. The second kappa shape index (κ2) is 4.65. The van der Waals surface area contributed by atoms with E-state index < -0.39 is 0 Å². The second-order valence-corrected chi connectivity index (χ2v) is 4.75. The molecule has 0 amide bonds. The number of hydrogen-bond acceptors (Lipinski definition) is 6. The smallest absolute Gasteiger partial charge is 0.181 e. The molecule has 92 valence electrons. The molecule has 3 heterocycles. The highest BCUT2D eigenvalue weighted by atomic mass is 32.2. The minimum Gasteiger partial charge on any atom is -0.396 e. The number of hydrogen-bond donors (Lipinski definition) is 2. The van der Waals surface area contributed by atoms with Crippen molar-refractivity contribution in [2.24, 2.45) is 0 Å². The zero-order valence-corrected chi connectivity index (χ0v) is 10.3. The Morgan fingerprint density at radius 1 is 1.33 bits per heavy atom. The predicted molar refractivity (Wildman–Crippen MR) is 69.0 cm³/mol. The summed E-state index contributed by atoms with van der Waals surface area (Å²) in [5, 5.41) is 5.03. The highest BCUT2D eigenvalue weighted by Gasteiger charge is 2.06.